The summed E-state index contributed by atoms with van der Waals surface area (Å²) in [5.74, 6) is 1.87. The third-order valence-corrected chi connectivity index (χ3v) is 6.96. The summed E-state index contributed by atoms with van der Waals surface area (Å²) in [4.78, 5) is 4.28. The molecule has 20 heavy (non-hydrogen) atoms. The molecule has 2 heterocycles. The molecule has 0 radical (unpaired) electrons. The third kappa shape index (κ3) is 2.72. The van der Waals surface area contributed by atoms with Gasteiger partial charge in [0.1, 0.15) is 0 Å². The van der Waals surface area contributed by atoms with E-state index in [9.17, 15) is 0 Å². The zero-order valence-corrected chi connectivity index (χ0v) is 14.5. The number of piperazine rings is 1. The van der Waals surface area contributed by atoms with Crippen LogP contribution < -0.4 is 5.32 Å². The van der Waals surface area contributed by atoms with Crippen molar-refractivity contribution in [3.63, 3.8) is 0 Å². The first-order chi connectivity index (χ1) is 9.64. The van der Waals surface area contributed by atoms with Crippen molar-refractivity contribution in [3.8, 4) is 0 Å². The first-order valence-corrected chi connectivity index (χ1v) is 9.48. The number of nitrogens with one attached hydrogen (secondary N) is 1. The molecule has 2 atom stereocenters. The summed E-state index contributed by atoms with van der Waals surface area (Å²) in [5, 5.41) is 3.90. The van der Waals surface area contributed by atoms with E-state index in [2.05, 4.69) is 45.2 Å². The molecule has 1 aliphatic heterocycles. The minimum atomic E-state index is 0.361. The monoisotopic (exact) mass is 354 g/mol. The molecule has 0 aromatic carbocycles. The number of halogens is 1. The van der Waals surface area contributed by atoms with Crippen LogP contribution in [0.5, 0.6) is 0 Å². The lowest BCUT2D eigenvalue weighted by Gasteiger charge is -2.47. The Bertz CT molecular complexity index is 494. The van der Waals surface area contributed by atoms with Crippen LogP contribution in [0.1, 0.15) is 37.5 Å². The Balaban J connectivity index is 1.51. The average molecular weight is 355 g/mol. The van der Waals surface area contributed by atoms with Gasteiger partial charge in [-0.25, -0.2) is 0 Å². The first-order valence-electron chi connectivity index (χ1n) is 7.87. The topological polar surface area (TPSA) is 15.3 Å². The van der Waals surface area contributed by atoms with Crippen LogP contribution in [0.15, 0.2) is 15.9 Å². The van der Waals surface area contributed by atoms with Crippen molar-refractivity contribution in [1.82, 2.24) is 10.2 Å². The Morgan fingerprint density at radius 1 is 1.35 bits per heavy atom. The Labute approximate surface area is 134 Å². The molecule has 1 N–H and O–H groups in total. The maximum atomic E-state index is 3.90. The zero-order chi connectivity index (χ0) is 13.7. The van der Waals surface area contributed by atoms with Gasteiger partial charge in [0.15, 0.2) is 0 Å². The van der Waals surface area contributed by atoms with Crippen molar-refractivity contribution in [2.45, 2.75) is 50.7 Å². The van der Waals surface area contributed by atoms with E-state index in [-0.39, 0.29) is 0 Å². The smallest absolute Gasteiger partial charge is 0.0701 e. The molecule has 2 nitrogen and oxygen atoms in total. The maximum absolute atomic E-state index is 3.90. The van der Waals surface area contributed by atoms with Gasteiger partial charge in [0.25, 0.3) is 0 Å². The highest BCUT2D eigenvalue weighted by Gasteiger charge is 2.48. The second-order valence-corrected chi connectivity index (χ2v) is 9.64. The van der Waals surface area contributed by atoms with Crippen molar-refractivity contribution in [2.24, 2.45) is 11.8 Å². The van der Waals surface area contributed by atoms with Crippen LogP contribution in [-0.4, -0.2) is 29.6 Å². The summed E-state index contributed by atoms with van der Waals surface area (Å²) in [6.45, 7) is 6.02. The Morgan fingerprint density at radius 3 is 2.75 bits per heavy atom. The standard InChI is InChI=1S/C16H23BrN2S/c1-16(12-4-5-12)10-19(9-13-6-7-15(17)20-13)14(8-18-16)11-2-3-11/h6-7,11-12,14,18H,2-5,8-10H2,1H3. The minimum Gasteiger partial charge on any atom is -0.308 e. The van der Waals surface area contributed by atoms with E-state index in [1.165, 1.54) is 47.4 Å². The number of thiophene rings is 1. The van der Waals surface area contributed by atoms with E-state index < -0.39 is 0 Å². The molecule has 2 unspecified atom stereocenters. The van der Waals surface area contributed by atoms with Crippen LogP contribution >= 0.6 is 27.3 Å². The number of rotatable bonds is 4. The Kier molecular flexibility index (Phi) is 3.49. The molecule has 3 aliphatic rings. The van der Waals surface area contributed by atoms with E-state index in [1.807, 2.05) is 11.3 Å². The van der Waals surface area contributed by atoms with Gasteiger partial charge in [-0.15, -0.1) is 11.3 Å². The predicted octanol–water partition coefficient (Wildman–Crippen LogP) is 3.86. The van der Waals surface area contributed by atoms with Gasteiger partial charge in [0.05, 0.1) is 3.79 Å². The molecule has 1 aromatic heterocycles. The minimum absolute atomic E-state index is 0.361. The lowest BCUT2D eigenvalue weighted by molar-refractivity contribution is 0.0586. The van der Waals surface area contributed by atoms with Crippen LogP contribution in [0.25, 0.3) is 0 Å². The lowest BCUT2D eigenvalue weighted by Crippen LogP contribution is -2.64. The average Bonchev–Trinajstić information content (AvgIpc) is 3.29. The molecule has 2 saturated carbocycles. The van der Waals surface area contributed by atoms with Crippen molar-refractivity contribution >= 4 is 27.3 Å². The zero-order valence-electron chi connectivity index (χ0n) is 12.1. The molecule has 2 aliphatic carbocycles. The van der Waals surface area contributed by atoms with Gasteiger partial charge in [-0.1, -0.05) is 0 Å². The van der Waals surface area contributed by atoms with Gasteiger partial charge in [0.2, 0.25) is 0 Å². The van der Waals surface area contributed by atoms with Crippen LogP contribution in [0, 0.1) is 11.8 Å². The highest BCUT2D eigenvalue weighted by Crippen LogP contribution is 2.44. The van der Waals surface area contributed by atoms with Crippen LogP contribution in [0.3, 0.4) is 0 Å². The van der Waals surface area contributed by atoms with Crippen LogP contribution in [0.2, 0.25) is 0 Å². The fraction of sp³-hybridized carbons (Fsp3) is 0.750. The largest absolute Gasteiger partial charge is 0.308 e. The highest BCUT2D eigenvalue weighted by molar-refractivity contribution is 9.11. The van der Waals surface area contributed by atoms with E-state index in [0.29, 0.717) is 5.54 Å². The molecular weight excluding hydrogens is 332 g/mol. The Morgan fingerprint density at radius 2 is 2.15 bits per heavy atom. The molecule has 110 valence electrons. The number of hydrogen-bond donors (Lipinski definition) is 1. The van der Waals surface area contributed by atoms with Gasteiger partial charge < -0.3 is 5.32 Å². The molecule has 4 rings (SSSR count). The summed E-state index contributed by atoms with van der Waals surface area (Å²) >= 11 is 5.49. The van der Waals surface area contributed by atoms with Crippen LogP contribution in [0.4, 0.5) is 0 Å². The van der Waals surface area contributed by atoms with E-state index >= 15 is 0 Å². The molecule has 4 heteroatoms. The molecule has 1 aromatic rings. The molecule has 3 fully saturated rings. The van der Waals surface area contributed by atoms with Crippen molar-refractivity contribution < 1.29 is 0 Å². The molecular formula is C16H23BrN2S. The highest BCUT2D eigenvalue weighted by atomic mass is 79.9. The van der Waals surface area contributed by atoms with E-state index in [1.54, 1.807) is 0 Å². The van der Waals surface area contributed by atoms with Crippen molar-refractivity contribution in [2.75, 3.05) is 13.1 Å². The SMILES string of the molecule is CC1(C2CC2)CN(Cc2ccc(Br)s2)C(C2CC2)CN1. The van der Waals surface area contributed by atoms with Gasteiger partial charge in [-0.05, 0) is 72.5 Å². The second kappa shape index (κ2) is 5.08. The van der Waals surface area contributed by atoms with Gasteiger partial charge in [-0.3, -0.25) is 4.90 Å². The van der Waals surface area contributed by atoms with Crippen LogP contribution in [-0.2, 0) is 6.54 Å². The predicted molar refractivity (Wildman–Crippen MR) is 88.1 cm³/mol. The van der Waals surface area contributed by atoms with Gasteiger partial charge in [0, 0.05) is 36.1 Å². The summed E-state index contributed by atoms with van der Waals surface area (Å²) < 4.78 is 1.26. The fourth-order valence-corrected chi connectivity index (χ4v) is 5.32. The van der Waals surface area contributed by atoms with E-state index in [0.717, 1.165) is 24.4 Å². The Hall–Kier alpha value is 0.1000. The lowest BCUT2D eigenvalue weighted by atomic mass is 9.90. The third-order valence-electron chi connectivity index (χ3n) is 5.35. The van der Waals surface area contributed by atoms with Crippen molar-refractivity contribution in [3.05, 3.63) is 20.8 Å². The second-order valence-electron chi connectivity index (χ2n) is 7.09. The summed E-state index contributed by atoms with van der Waals surface area (Å²) in [6.07, 6.45) is 5.74. The maximum Gasteiger partial charge on any atom is 0.0701 e. The molecule has 0 spiro atoms. The summed E-state index contributed by atoms with van der Waals surface area (Å²) in [6, 6.07) is 5.24. The summed E-state index contributed by atoms with van der Waals surface area (Å²) in [5.41, 5.74) is 0.361. The molecule has 0 amide bonds. The first kappa shape index (κ1) is 13.7. The quantitative estimate of drug-likeness (QED) is 0.882. The van der Waals surface area contributed by atoms with E-state index in [4.69, 9.17) is 0 Å². The normalized spacial score (nSPS) is 35.4. The molecule has 0 bridgehead atoms. The fourth-order valence-electron chi connectivity index (χ4n) is 3.81. The number of hydrogen-bond acceptors (Lipinski definition) is 3. The van der Waals surface area contributed by atoms with Crippen molar-refractivity contribution in [1.29, 1.82) is 0 Å². The number of nitrogens with zero attached hydrogens (tertiary/aromatic N) is 1. The van der Waals surface area contributed by atoms with Gasteiger partial charge in [-0.2, -0.15) is 0 Å². The summed E-state index contributed by atoms with van der Waals surface area (Å²) in [7, 11) is 0. The molecule has 1 saturated heterocycles. The van der Waals surface area contributed by atoms with Gasteiger partial charge >= 0.3 is 0 Å².